The van der Waals surface area contributed by atoms with Crippen LogP contribution in [0.2, 0.25) is 0 Å². The van der Waals surface area contributed by atoms with Gasteiger partial charge >= 0.3 is 0 Å². The lowest BCUT2D eigenvalue weighted by atomic mass is 10.1. The molecule has 0 aliphatic carbocycles. The first-order valence-corrected chi connectivity index (χ1v) is 7.00. The van der Waals surface area contributed by atoms with Crippen molar-refractivity contribution in [2.24, 2.45) is 0 Å². The van der Waals surface area contributed by atoms with Gasteiger partial charge in [-0.1, -0.05) is 38.6 Å². The fraction of sp³-hybridized carbons (Fsp3) is 0.222. The highest BCUT2D eigenvalue weighted by Crippen LogP contribution is 2.23. The zero-order valence-corrected chi connectivity index (χ0v) is 12.9. The molecule has 3 nitrogen and oxygen atoms in total. The Morgan fingerprint density at radius 1 is 1.14 bits per heavy atom. The van der Waals surface area contributed by atoms with Crippen LogP contribution < -0.4 is 15.2 Å². The van der Waals surface area contributed by atoms with Crippen LogP contribution in [0.25, 0.3) is 6.08 Å². The van der Waals surface area contributed by atoms with Crippen LogP contribution in [-0.4, -0.2) is 7.11 Å². The number of methoxy groups -OCH3 is 1. The number of hydrogen-bond donors (Lipinski definition) is 1. The van der Waals surface area contributed by atoms with Gasteiger partial charge in [0.2, 0.25) is 0 Å². The first-order chi connectivity index (χ1) is 10.2. The Balaban J connectivity index is 0.00000106. The van der Waals surface area contributed by atoms with Gasteiger partial charge in [0.1, 0.15) is 18.1 Å². The third-order valence-electron chi connectivity index (χ3n) is 2.77. The van der Waals surface area contributed by atoms with E-state index >= 15 is 0 Å². The molecule has 0 saturated heterocycles. The summed E-state index contributed by atoms with van der Waals surface area (Å²) in [5.74, 6) is 1.47. The zero-order valence-electron chi connectivity index (χ0n) is 12.9. The van der Waals surface area contributed by atoms with E-state index in [0.717, 1.165) is 16.9 Å². The largest absolute Gasteiger partial charge is 0.497 e. The summed E-state index contributed by atoms with van der Waals surface area (Å²) in [5, 5.41) is 0. The lowest BCUT2D eigenvalue weighted by Gasteiger charge is -2.10. The quantitative estimate of drug-likeness (QED) is 0.821. The topological polar surface area (TPSA) is 44.5 Å². The van der Waals surface area contributed by atoms with Crippen molar-refractivity contribution >= 4 is 11.8 Å². The highest BCUT2D eigenvalue weighted by atomic mass is 16.5. The first-order valence-electron chi connectivity index (χ1n) is 7.00. The number of nitrogens with two attached hydrogens (primary N) is 1. The number of hydrogen-bond acceptors (Lipinski definition) is 3. The van der Waals surface area contributed by atoms with Crippen molar-refractivity contribution in [3.8, 4) is 11.5 Å². The Labute approximate surface area is 127 Å². The number of ether oxygens (including phenoxy) is 2. The summed E-state index contributed by atoms with van der Waals surface area (Å²) in [6, 6.07) is 13.3. The minimum Gasteiger partial charge on any atom is -0.497 e. The van der Waals surface area contributed by atoms with Crippen LogP contribution in [0.15, 0.2) is 49.0 Å². The van der Waals surface area contributed by atoms with Crippen LogP contribution in [0.1, 0.15) is 25.0 Å². The maximum absolute atomic E-state index is 5.83. The summed E-state index contributed by atoms with van der Waals surface area (Å²) in [7, 11) is 1.64. The summed E-state index contributed by atoms with van der Waals surface area (Å²) in [4.78, 5) is 0. The van der Waals surface area contributed by atoms with E-state index in [1.807, 2.05) is 56.3 Å². The fourth-order valence-electron chi connectivity index (χ4n) is 1.78. The fourth-order valence-corrected chi connectivity index (χ4v) is 1.78. The second kappa shape index (κ2) is 8.69. The third kappa shape index (κ3) is 4.88. The molecule has 0 bridgehead atoms. The van der Waals surface area contributed by atoms with E-state index in [-0.39, 0.29) is 0 Å². The Hall–Kier alpha value is -2.42. The first kappa shape index (κ1) is 16.6. The highest BCUT2D eigenvalue weighted by molar-refractivity contribution is 5.53. The molecule has 112 valence electrons. The molecule has 2 N–H and O–H groups in total. The molecule has 0 radical (unpaired) electrons. The van der Waals surface area contributed by atoms with Gasteiger partial charge in [0.05, 0.1) is 12.8 Å². The second-order valence-corrected chi connectivity index (χ2v) is 4.15. The molecule has 0 atom stereocenters. The van der Waals surface area contributed by atoms with Crippen LogP contribution in [-0.2, 0) is 6.61 Å². The molecule has 0 saturated carbocycles. The minimum absolute atomic E-state index is 0.437. The molecule has 0 unspecified atom stereocenters. The van der Waals surface area contributed by atoms with E-state index in [9.17, 15) is 0 Å². The van der Waals surface area contributed by atoms with E-state index in [1.165, 1.54) is 0 Å². The monoisotopic (exact) mass is 285 g/mol. The number of anilines is 1. The molecule has 2 aromatic rings. The molecule has 3 heteroatoms. The molecule has 0 aliphatic heterocycles. The van der Waals surface area contributed by atoms with Crippen molar-refractivity contribution in [2.45, 2.75) is 20.5 Å². The van der Waals surface area contributed by atoms with Crippen LogP contribution >= 0.6 is 0 Å². The molecule has 0 spiro atoms. The maximum atomic E-state index is 5.83. The number of para-hydroxylation sites is 2. The van der Waals surface area contributed by atoms with Crippen molar-refractivity contribution in [1.82, 2.24) is 0 Å². The normalized spacial score (nSPS) is 9.29. The molecule has 21 heavy (non-hydrogen) atoms. The lowest BCUT2D eigenvalue weighted by molar-refractivity contribution is 0.307. The van der Waals surface area contributed by atoms with Gasteiger partial charge in [-0.15, -0.1) is 0 Å². The van der Waals surface area contributed by atoms with Gasteiger partial charge in [0, 0.05) is 0 Å². The smallest absolute Gasteiger partial charge is 0.142 e. The van der Waals surface area contributed by atoms with Gasteiger partial charge in [-0.2, -0.15) is 0 Å². The lowest BCUT2D eigenvalue weighted by Crippen LogP contribution is -1.99. The molecule has 0 amide bonds. The SMILES string of the molecule is C=Cc1cc(COc2ccccc2N)cc(OC)c1.CC. The Morgan fingerprint density at radius 2 is 1.86 bits per heavy atom. The summed E-state index contributed by atoms with van der Waals surface area (Å²) >= 11 is 0. The van der Waals surface area contributed by atoms with E-state index in [4.69, 9.17) is 15.2 Å². The van der Waals surface area contributed by atoms with Gasteiger partial charge in [-0.25, -0.2) is 0 Å². The van der Waals surface area contributed by atoms with Gasteiger partial charge < -0.3 is 15.2 Å². The average molecular weight is 285 g/mol. The third-order valence-corrected chi connectivity index (χ3v) is 2.77. The molecule has 2 rings (SSSR count). The highest BCUT2D eigenvalue weighted by Gasteiger charge is 2.03. The number of nitrogen functional groups attached to an aromatic ring is 1. The standard InChI is InChI=1S/C16H17NO2.C2H6/c1-3-12-8-13(10-14(9-12)18-2)11-19-16-7-5-4-6-15(16)17;1-2/h3-10H,1,11,17H2,2H3;1-2H3. The zero-order chi connectivity index (χ0) is 15.7. The van der Waals surface area contributed by atoms with Crippen molar-refractivity contribution in [1.29, 1.82) is 0 Å². The predicted octanol–water partition coefficient (Wildman–Crippen LogP) is 4.53. The van der Waals surface area contributed by atoms with Crippen molar-refractivity contribution in [2.75, 3.05) is 12.8 Å². The molecule has 0 fully saturated rings. The van der Waals surface area contributed by atoms with E-state index in [2.05, 4.69) is 6.58 Å². The molecule has 0 aromatic heterocycles. The Morgan fingerprint density at radius 3 is 2.48 bits per heavy atom. The van der Waals surface area contributed by atoms with Crippen molar-refractivity contribution < 1.29 is 9.47 Å². The van der Waals surface area contributed by atoms with Crippen LogP contribution in [0, 0.1) is 0 Å². The maximum Gasteiger partial charge on any atom is 0.142 e. The molecular weight excluding hydrogens is 262 g/mol. The summed E-state index contributed by atoms with van der Waals surface area (Å²) in [6.07, 6.45) is 1.78. The van der Waals surface area contributed by atoms with Gasteiger partial charge in [0.25, 0.3) is 0 Å². The molecular formula is C18H23NO2. The van der Waals surface area contributed by atoms with Gasteiger partial charge in [-0.05, 0) is 41.5 Å². The number of benzene rings is 2. The molecule has 0 aliphatic rings. The van der Waals surface area contributed by atoms with Gasteiger partial charge in [0.15, 0.2) is 0 Å². The van der Waals surface area contributed by atoms with Gasteiger partial charge in [-0.3, -0.25) is 0 Å². The van der Waals surface area contributed by atoms with E-state index < -0.39 is 0 Å². The molecule has 0 heterocycles. The van der Waals surface area contributed by atoms with Crippen LogP contribution in [0.3, 0.4) is 0 Å². The average Bonchev–Trinajstić information content (AvgIpc) is 2.55. The van der Waals surface area contributed by atoms with E-state index in [0.29, 0.717) is 18.0 Å². The summed E-state index contributed by atoms with van der Waals surface area (Å²) in [5.41, 5.74) is 8.48. The Kier molecular flexibility index (Phi) is 6.88. The predicted molar refractivity (Wildman–Crippen MR) is 89.6 cm³/mol. The Bertz CT molecular complexity index is 579. The molecule has 2 aromatic carbocycles. The van der Waals surface area contributed by atoms with Crippen LogP contribution in [0.4, 0.5) is 5.69 Å². The number of rotatable bonds is 5. The minimum atomic E-state index is 0.437. The van der Waals surface area contributed by atoms with Crippen molar-refractivity contribution in [3.05, 3.63) is 60.2 Å². The summed E-state index contributed by atoms with van der Waals surface area (Å²) < 4.78 is 11.0. The summed E-state index contributed by atoms with van der Waals surface area (Å²) in [6.45, 7) is 8.20. The van der Waals surface area contributed by atoms with Crippen LogP contribution in [0.5, 0.6) is 11.5 Å². The van der Waals surface area contributed by atoms with E-state index in [1.54, 1.807) is 13.2 Å². The van der Waals surface area contributed by atoms with Crippen molar-refractivity contribution in [3.63, 3.8) is 0 Å². The second-order valence-electron chi connectivity index (χ2n) is 4.15.